The van der Waals surface area contributed by atoms with E-state index in [-0.39, 0.29) is 11.9 Å². The van der Waals surface area contributed by atoms with Crippen LogP contribution in [0.25, 0.3) is 0 Å². The predicted octanol–water partition coefficient (Wildman–Crippen LogP) is 0.839. The number of nitrogen functional groups attached to an aromatic ring is 1. The van der Waals surface area contributed by atoms with Crippen molar-refractivity contribution in [3.63, 3.8) is 0 Å². The van der Waals surface area contributed by atoms with Gasteiger partial charge in [0.05, 0.1) is 0 Å². The molecule has 17 heavy (non-hydrogen) atoms. The molecular formula is C12H18N4O. The van der Waals surface area contributed by atoms with Crippen molar-refractivity contribution in [2.24, 2.45) is 5.73 Å². The number of pyridine rings is 1. The minimum Gasteiger partial charge on any atom is -0.474 e. The first-order chi connectivity index (χ1) is 8.15. The van der Waals surface area contributed by atoms with Gasteiger partial charge in [0, 0.05) is 30.9 Å². The molecule has 0 aromatic carbocycles. The maximum absolute atomic E-state index is 7.37. The first-order valence-corrected chi connectivity index (χ1v) is 5.81. The quantitative estimate of drug-likeness (QED) is 0.600. The van der Waals surface area contributed by atoms with Gasteiger partial charge in [-0.3, -0.25) is 5.41 Å². The summed E-state index contributed by atoms with van der Waals surface area (Å²) in [6.45, 7) is 2.11. The average Bonchev–Trinajstić information content (AvgIpc) is 2.32. The predicted molar refractivity (Wildman–Crippen MR) is 66.4 cm³/mol. The number of hydrogen-bond acceptors (Lipinski definition) is 4. The van der Waals surface area contributed by atoms with E-state index in [1.165, 1.54) is 0 Å². The smallest absolute Gasteiger partial charge is 0.214 e. The zero-order valence-electron chi connectivity index (χ0n) is 10.0. The second-order valence-electron chi connectivity index (χ2n) is 4.42. The van der Waals surface area contributed by atoms with Gasteiger partial charge >= 0.3 is 0 Å². The van der Waals surface area contributed by atoms with E-state index in [0.29, 0.717) is 11.4 Å². The largest absolute Gasteiger partial charge is 0.474 e. The van der Waals surface area contributed by atoms with E-state index < -0.39 is 0 Å². The average molecular weight is 234 g/mol. The maximum Gasteiger partial charge on any atom is 0.214 e. The van der Waals surface area contributed by atoms with Gasteiger partial charge in [0.2, 0.25) is 5.88 Å². The Bertz CT molecular complexity index is 399. The molecule has 5 nitrogen and oxygen atoms in total. The molecule has 0 aliphatic carbocycles. The standard InChI is InChI=1S/C12H18N4O/c1-16-6-3-10(4-7-16)17-11-8-9(12(13)14)2-5-15-11/h2,5,8,10H,3-4,6-7H2,1H3,(H3,13,14). The van der Waals surface area contributed by atoms with Crippen molar-refractivity contribution in [3.05, 3.63) is 23.9 Å². The molecule has 1 aromatic rings. The summed E-state index contributed by atoms with van der Waals surface area (Å²) in [5.41, 5.74) is 6.08. The van der Waals surface area contributed by atoms with Crippen LogP contribution in [0.4, 0.5) is 0 Å². The summed E-state index contributed by atoms with van der Waals surface area (Å²) in [5.74, 6) is 0.605. The summed E-state index contributed by atoms with van der Waals surface area (Å²) >= 11 is 0. The van der Waals surface area contributed by atoms with Crippen LogP contribution in [0.1, 0.15) is 18.4 Å². The minimum atomic E-state index is 0.0422. The molecule has 0 radical (unpaired) electrons. The summed E-state index contributed by atoms with van der Waals surface area (Å²) < 4.78 is 5.80. The molecule has 2 heterocycles. The summed E-state index contributed by atoms with van der Waals surface area (Å²) in [6.07, 6.45) is 3.88. The first-order valence-electron chi connectivity index (χ1n) is 5.81. The van der Waals surface area contributed by atoms with E-state index in [2.05, 4.69) is 16.9 Å². The molecule has 0 saturated carbocycles. The number of amidine groups is 1. The number of nitrogens with zero attached hydrogens (tertiary/aromatic N) is 2. The lowest BCUT2D eigenvalue weighted by Crippen LogP contribution is -2.35. The molecule has 0 atom stereocenters. The van der Waals surface area contributed by atoms with Crippen LogP contribution < -0.4 is 10.5 Å². The van der Waals surface area contributed by atoms with Gasteiger partial charge in [-0.15, -0.1) is 0 Å². The lowest BCUT2D eigenvalue weighted by molar-refractivity contribution is 0.110. The van der Waals surface area contributed by atoms with Crippen molar-refractivity contribution in [1.82, 2.24) is 9.88 Å². The normalized spacial score (nSPS) is 17.9. The van der Waals surface area contributed by atoms with Gasteiger partial charge < -0.3 is 15.4 Å². The molecule has 1 aliphatic heterocycles. The molecule has 2 rings (SSSR count). The number of nitrogens with two attached hydrogens (primary N) is 1. The Morgan fingerprint density at radius 1 is 1.53 bits per heavy atom. The summed E-state index contributed by atoms with van der Waals surface area (Å²) in [4.78, 5) is 6.44. The fourth-order valence-electron chi connectivity index (χ4n) is 1.91. The van der Waals surface area contributed by atoms with Crippen LogP contribution in [-0.2, 0) is 0 Å². The van der Waals surface area contributed by atoms with Gasteiger partial charge in [-0.05, 0) is 26.0 Å². The highest BCUT2D eigenvalue weighted by Crippen LogP contribution is 2.17. The Hall–Kier alpha value is -1.62. The summed E-state index contributed by atoms with van der Waals surface area (Å²) in [7, 11) is 2.12. The molecule has 1 saturated heterocycles. The Morgan fingerprint density at radius 3 is 2.88 bits per heavy atom. The zero-order chi connectivity index (χ0) is 12.3. The van der Waals surface area contributed by atoms with Gasteiger partial charge in [0.25, 0.3) is 0 Å². The topological polar surface area (TPSA) is 75.2 Å². The van der Waals surface area contributed by atoms with Crippen molar-refractivity contribution < 1.29 is 4.74 Å². The lowest BCUT2D eigenvalue weighted by atomic mass is 10.1. The monoisotopic (exact) mass is 234 g/mol. The van der Waals surface area contributed by atoms with Gasteiger partial charge in [-0.2, -0.15) is 0 Å². The van der Waals surface area contributed by atoms with Gasteiger partial charge in [-0.25, -0.2) is 4.98 Å². The highest BCUT2D eigenvalue weighted by atomic mass is 16.5. The molecular weight excluding hydrogens is 216 g/mol. The van der Waals surface area contributed by atoms with E-state index >= 15 is 0 Å². The van der Waals surface area contributed by atoms with Gasteiger partial charge in [0.1, 0.15) is 11.9 Å². The van der Waals surface area contributed by atoms with E-state index in [4.69, 9.17) is 15.9 Å². The maximum atomic E-state index is 7.37. The van der Waals surface area contributed by atoms with Crippen molar-refractivity contribution in [2.75, 3.05) is 20.1 Å². The van der Waals surface area contributed by atoms with Crippen LogP contribution in [0, 0.1) is 5.41 Å². The molecule has 1 fully saturated rings. The number of aromatic nitrogens is 1. The number of likely N-dealkylation sites (tertiary alicyclic amines) is 1. The molecule has 0 spiro atoms. The van der Waals surface area contributed by atoms with Crippen molar-refractivity contribution >= 4 is 5.84 Å². The highest BCUT2D eigenvalue weighted by molar-refractivity contribution is 5.95. The van der Waals surface area contributed by atoms with Crippen LogP contribution in [0.5, 0.6) is 5.88 Å². The number of hydrogen-bond donors (Lipinski definition) is 2. The van der Waals surface area contributed by atoms with E-state index in [1.807, 2.05) is 0 Å². The third kappa shape index (κ3) is 3.17. The third-order valence-corrected chi connectivity index (χ3v) is 3.00. The number of rotatable bonds is 3. The third-order valence-electron chi connectivity index (χ3n) is 3.00. The lowest BCUT2D eigenvalue weighted by Gasteiger charge is -2.28. The van der Waals surface area contributed by atoms with Crippen LogP contribution >= 0.6 is 0 Å². The van der Waals surface area contributed by atoms with E-state index in [9.17, 15) is 0 Å². The van der Waals surface area contributed by atoms with Crippen LogP contribution in [0.15, 0.2) is 18.3 Å². The molecule has 0 unspecified atom stereocenters. The minimum absolute atomic E-state index is 0.0422. The van der Waals surface area contributed by atoms with Crippen LogP contribution in [-0.4, -0.2) is 42.0 Å². The van der Waals surface area contributed by atoms with Crippen LogP contribution in [0.2, 0.25) is 0 Å². The van der Waals surface area contributed by atoms with Crippen LogP contribution in [0.3, 0.4) is 0 Å². The van der Waals surface area contributed by atoms with Gasteiger partial charge in [-0.1, -0.05) is 0 Å². The zero-order valence-corrected chi connectivity index (χ0v) is 10.0. The Kier molecular flexibility index (Phi) is 3.58. The number of ether oxygens (including phenoxy) is 1. The Morgan fingerprint density at radius 2 is 2.24 bits per heavy atom. The molecule has 5 heteroatoms. The fourth-order valence-corrected chi connectivity index (χ4v) is 1.91. The fraction of sp³-hybridized carbons (Fsp3) is 0.500. The van der Waals surface area contributed by atoms with Crippen molar-refractivity contribution in [3.8, 4) is 5.88 Å². The second-order valence-corrected chi connectivity index (χ2v) is 4.42. The Balaban J connectivity index is 1.98. The molecule has 1 aromatic heterocycles. The van der Waals surface area contributed by atoms with E-state index in [0.717, 1.165) is 25.9 Å². The summed E-state index contributed by atoms with van der Waals surface area (Å²) in [5, 5.41) is 7.37. The molecule has 0 amide bonds. The molecule has 3 N–H and O–H groups in total. The Labute approximate surface area is 101 Å². The highest BCUT2D eigenvalue weighted by Gasteiger charge is 2.18. The molecule has 0 bridgehead atoms. The first kappa shape index (κ1) is 11.9. The summed E-state index contributed by atoms with van der Waals surface area (Å²) in [6, 6.07) is 3.44. The van der Waals surface area contributed by atoms with E-state index in [1.54, 1.807) is 18.3 Å². The second kappa shape index (κ2) is 5.14. The number of nitrogens with one attached hydrogen (secondary N) is 1. The van der Waals surface area contributed by atoms with Crippen molar-refractivity contribution in [1.29, 1.82) is 5.41 Å². The molecule has 92 valence electrons. The van der Waals surface area contributed by atoms with Gasteiger partial charge in [0.15, 0.2) is 0 Å². The number of piperidine rings is 1. The molecule has 1 aliphatic rings. The SMILES string of the molecule is CN1CCC(Oc2cc(C(=N)N)ccn2)CC1. The van der Waals surface area contributed by atoms with Crippen molar-refractivity contribution in [2.45, 2.75) is 18.9 Å².